The lowest BCUT2D eigenvalue weighted by molar-refractivity contribution is -0.138. The van der Waals surface area contributed by atoms with E-state index < -0.39 is 28.9 Å². The van der Waals surface area contributed by atoms with E-state index in [1.54, 1.807) is 12.1 Å². The molecule has 0 saturated carbocycles. The van der Waals surface area contributed by atoms with Gasteiger partial charge in [-0.2, -0.15) is 26.3 Å². The fourth-order valence-electron chi connectivity index (χ4n) is 7.71. The van der Waals surface area contributed by atoms with Gasteiger partial charge in [-0.25, -0.2) is 0 Å². The quantitative estimate of drug-likeness (QED) is 0.166. The Hall–Kier alpha value is -5.10. The van der Waals surface area contributed by atoms with Gasteiger partial charge >= 0.3 is 12.4 Å². The summed E-state index contributed by atoms with van der Waals surface area (Å²) in [5.41, 5.74) is 8.19. The first kappa shape index (κ1) is 29.3. The van der Waals surface area contributed by atoms with Crippen LogP contribution in [0.1, 0.15) is 44.5 Å². The van der Waals surface area contributed by atoms with E-state index in [1.165, 1.54) is 38.1 Å². The van der Waals surface area contributed by atoms with Crippen LogP contribution >= 0.6 is 0 Å². The number of benzene rings is 6. The highest BCUT2D eigenvalue weighted by Gasteiger charge is 2.51. The van der Waals surface area contributed by atoms with Gasteiger partial charge in [0.25, 0.3) is 0 Å². The molecule has 47 heavy (non-hydrogen) atoms. The Morgan fingerprint density at radius 1 is 0.383 bits per heavy atom. The number of hydrogen-bond donors (Lipinski definition) is 0. The molecule has 8 rings (SSSR count). The molecular weight excluding hydrogens is 606 g/mol. The van der Waals surface area contributed by atoms with Crippen LogP contribution in [0.4, 0.5) is 26.3 Å². The van der Waals surface area contributed by atoms with Gasteiger partial charge in [-0.05, 0) is 116 Å². The predicted molar refractivity (Wildman–Crippen MR) is 173 cm³/mol. The van der Waals surface area contributed by atoms with Gasteiger partial charge in [-0.3, -0.25) is 0 Å². The zero-order chi connectivity index (χ0) is 32.9. The molecular formula is C41H26F6. The summed E-state index contributed by atoms with van der Waals surface area (Å²) < 4.78 is 83.7. The molecule has 1 spiro atoms. The van der Waals surface area contributed by atoms with Gasteiger partial charge in [0, 0.05) is 0 Å². The van der Waals surface area contributed by atoms with Crippen molar-refractivity contribution in [3.8, 4) is 44.5 Å². The lowest BCUT2D eigenvalue weighted by atomic mass is 9.70. The third kappa shape index (κ3) is 4.23. The molecule has 0 saturated heterocycles. The molecule has 6 heteroatoms. The lowest BCUT2D eigenvalue weighted by Gasteiger charge is -2.31. The topological polar surface area (TPSA) is 0 Å². The van der Waals surface area contributed by atoms with Crippen molar-refractivity contribution >= 4 is 0 Å². The predicted octanol–water partition coefficient (Wildman–Crippen LogP) is 12.0. The summed E-state index contributed by atoms with van der Waals surface area (Å²) in [7, 11) is 0. The Balaban J connectivity index is 1.42. The molecule has 0 nitrogen and oxygen atoms in total. The zero-order valence-electron chi connectivity index (χ0n) is 25.3. The van der Waals surface area contributed by atoms with E-state index >= 15 is 0 Å². The summed E-state index contributed by atoms with van der Waals surface area (Å²) in [6, 6.07) is 36.6. The fraction of sp³-hybridized carbons (Fsp3) is 0.122. The highest BCUT2D eigenvalue weighted by molar-refractivity contribution is 5.96. The first-order valence-electron chi connectivity index (χ1n) is 15.2. The number of rotatable bonds is 2. The summed E-state index contributed by atoms with van der Waals surface area (Å²) in [5.74, 6) is 0. The summed E-state index contributed by atoms with van der Waals surface area (Å²) in [6.07, 6.45) is -8.98. The van der Waals surface area contributed by atoms with E-state index in [2.05, 4.69) is 24.3 Å². The first-order valence-corrected chi connectivity index (χ1v) is 15.2. The average Bonchev–Trinajstić information content (AvgIpc) is 3.51. The van der Waals surface area contributed by atoms with Crippen LogP contribution in [0.3, 0.4) is 0 Å². The highest BCUT2D eigenvalue weighted by atomic mass is 19.4. The normalized spacial score (nSPS) is 14.1. The summed E-state index contributed by atoms with van der Waals surface area (Å²) in [5, 5.41) is 0. The van der Waals surface area contributed by atoms with Crippen molar-refractivity contribution in [1.82, 2.24) is 0 Å². The Morgan fingerprint density at radius 3 is 1.13 bits per heavy atom. The van der Waals surface area contributed by atoms with Crippen LogP contribution < -0.4 is 0 Å². The van der Waals surface area contributed by atoms with Crippen molar-refractivity contribution in [2.45, 2.75) is 31.6 Å². The molecule has 0 aromatic heterocycles. The van der Waals surface area contributed by atoms with Crippen LogP contribution in [-0.2, 0) is 17.8 Å². The van der Waals surface area contributed by atoms with Gasteiger partial charge in [-0.1, -0.05) is 97.1 Å². The largest absolute Gasteiger partial charge is 0.416 e. The lowest BCUT2D eigenvalue weighted by Crippen LogP contribution is -2.26. The van der Waals surface area contributed by atoms with Crippen molar-refractivity contribution in [2.24, 2.45) is 0 Å². The molecule has 2 aliphatic rings. The van der Waals surface area contributed by atoms with E-state index in [0.717, 1.165) is 44.5 Å². The molecule has 0 N–H and O–H groups in total. The minimum Gasteiger partial charge on any atom is -0.166 e. The number of fused-ring (bicyclic) bond motifs is 10. The van der Waals surface area contributed by atoms with Gasteiger partial charge in [-0.15, -0.1) is 0 Å². The Morgan fingerprint density at radius 2 is 0.723 bits per heavy atom. The van der Waals surface area contributed by atoms with Gasteiger partial charge in [0.1, 0.15) is 0 Å². The van der Waals surface area contributed by atoms with Crippen molar-refractivity contribution < 1.29 is 26.3 Å². The van der Waals surface area contributed by atoms with Crippen molar-refractivity contribution in [1.29, 1.82) is 0 Å². The third-order valence-electron chi connectivity index (χ3n) is 9.84. The molecule has 0 unspecified atom stereocenters. The van der Waals surface area contributed by atoms with Crippen molar-refractivity contribution in [3.63, 3.8) is 0 Å². The smallest absolute Gasteiger partial charge is 0.166 e. The molecule has 232 valence electrons. The maximum absolute atomic E-state index is 13.9. The Labute approximate surface area is 268 Å². The molecule has 2 aliphatic carbocycles. The van der Waals surface area contributed by atoms with Crippen LogP contribution in [0.15, 0.2) is 121 Å². The van der Waals surface area contributed by atoms with E-state index in [4.69, 9.17) is 0 Å². The summed E-state index contributed by atoms with van der Waals surface area (Å²) in [6.45, 7) is 2.91. The van der Waals surface area contributed by atoms with Crippen molar-refractivity contribution in [3.05, 3.63) is 166 Å². The van der Waals surface area contributed by atoms with E-state index in [9.17, 15) is 26.3 Å². The number of hydrogen-bond acceptors (Lipinski definition) is 0. The first-order chi connectivity index (χ1) is 22.4. The minimum absolute atomic E-state index is 0.155. The van der Waals surface area contributed by atoms with E-state index in [-0.39, 0.29) is 11.1 Å². The molecule has 6 aromatic rings. The fourth-order valence-corrected chi connectivity index (χ4v) is 7.71. The number of aryl methyl sites for hydroxylation is 2. The molecule has 0 radical (unpaired) electrons. The van der Waals surface area contributed by atoms with E-state index in [0.29, 0.717) is 22.3 Å². The molecule has 0 heterocycles. The molecule has 0 atom stereocenters. The Bertz CT molecular complexity index is 2090. The molecule has 6 aromatic carbocycles. The molecule has 0 fully saturated rings. The zero-order valence-corrected chi connectivity index (χ0v) is 25.3. The van der Waals surface area contributed by atoms with Gasteiger partial charge in [0.15, 0.2) is 0 Å². The maximum atomic E-state index is 13.9. The number of halogens is 6. The molecule has 0 aliphatic heterocycles. The summed E-state index contributed by atoms with van der Waals surface area (Å²) in [4.78, 5) is 0. The van der Waals surface area contributed by atoms with Gasteiger partial charge in [0.2, 0.25) is 0 Å². The van der Waals surface area contributed by atoms with Crippen LogP contribution in [0, 0.1) is 13.8 Å². The standard InChI is InChI=1S/C41H26F6/c1-23-11-13-25(19-35(23)40(42,43)44)27-15-17-31-32-18-16-28(26-14-12-24(2)36(20-26)41(45,46)47)22-38(32)39(37(31)21-27)33-9-5-3-7-29(33)30-8-4-6-10-34(30)39/h3-22H,1-2H3. The number of alkyl halides is 6. The Kier molecular flexibility index (Phi) is 6.20. The van der Waals surface area contributed by atoms with Gasteiger partial charge in [0.05, 0.1) is 16.5 Å². The van der Waals surface area contributed by atoms with E-state index in [1.807, 2.05) is 60.7 Å². The van der Waals surface area contributed by atoms with Crippen molar-refractivity contribution in [2.75, 3.05) is 0 Å². The van der Waals surface area contributed by atoms with Crippen LogP contribution in [-0.4, -0.2) is 0 Å². The minimum atomic E-state index is -4.49. The maximum Gasteiger partial charge on any atom is 0.416 e. The molecule has 0 amide bonds. The summed E-state index contributed by atoms with van der Waals surface area (Å²) >= 11 is 0. The van der Waals surface area contributed by atoms with Crippen LogP contribution in [0.25, 0.3) is 44.5 Å². The van der Waals surface area contributed by atoms with Crippen LogP contribution in [0.5, 0.6) is 0 Å². The van der Waals surface area contributed by atoms with Crippen LogP contribution in [0.2, 0.25) is 0 Å². The average molecular weight is 633 g/mol. The monoisotopic (exact) mass is 632 g/mol. The third-order valence-corrected chi connectivity index (χ3v) is 9.84. The second-order valence-electron chi connectivity index (χ2n) is 12.4. The highest BCUT2D eigenvalue weighted by Crippen LogP contribution is 2.63. The second kappa shape index (κ2) is 9.95. The second-order valence-corrected chi connectivity index (χ2v) is 12.4. The molecule has 0 bridgehead atoms. The SMILES string of the molecule is Cc1ccc(-c2ccc3c(c2)C2(c4ccccc4-c4ccccc42)c2cc(-c4ccc(C)c(C(F)(F)F)c4)ccc2-3)cc1C(F)(F)F. The van der Waals surface area contributed by atoms with Gasteiger partial charge < -0.3 is 0 Å².